The van der Waals surface area contributed by atoms with Gasteiger partial charge in [0.2, 0.25) is 11.8 Å². The van der Waals surface area contributed by atoms with E-state index in [0.29, 0.717) is 32.4 Å². The van der Waals surface area contributed by atoms with Crippen LogP contribution in [0, 0.1) is 11.8 Å². The molecule has 200 valence electrons. The molecule has 4 rings (SSSR count). The molecule has 3 heterocycles. The van der Waals surface area contributed by atoms with E-state index in [1.807, 2.05) is 30.3 Å². The van der Waals surface area contributed by atoms with Crippen LogP contribution in [0.4, 0.5) is 0 Å². The smallest absolute Gasteiger partial charge is 0.312 e. The number of hydrogen-bond acceptors (Lipinski definition) is 6. The van der Waals surface area contributed by atoms with Crippen molar-refractivity contribution < 1.29 is 29.0 Å². The van der Waals surface area contributed by atoms with E-state index in [1.54, 1.807) is 17.1 Å². The first-order chi connectivity index (χ1) is 17.9. The van der Waals surface area contributed by atoms with Gasteiger partial charge in [-0.05, 0) is 31.2 Å². The second-order valence-electron chi connectivity index (χ2n) is 9.86. The Morgan fingerprint density at radius 3 is 2.68 bits per heavy atom. The monoisotopic (exact) mass is 574 g/mol. The van der Waals surface area contributed by atoms with Crippen molar-refractivity contribution >= 4 is 33.7 Å². The Kier molecular flexibility index (Phi) is 8.87. The van der Waals surface area contributed by atoms with Crippen molar-refractivity contribution in [2.75, 3.05) is 26.3 Å². The Morgan fingerprint density at radius 2 is 2.00 bits per heavy atom. The summed E-state index contributed by atoms with van der Waals surface area (Å²) in [5, 5.41) is 9.52. The molecular formula is C28H35BrN2O6. The van der Waals surface area contributed by atoms with Crippen LogP contribution in [0.25, 0.3) is 0 Å². The summed E-state index contributed by atoms with van der Waals surface area (Å²) in [7, 11) is 0. The van der Waals surface area contributed by atoms with E-state index in [9.17, 15) is 19.5 Å². The van der Waals surface area contributed by atoms with E-state index in [4.69, 9.17) is 9.47 Å². The third kappa shape index (κ3) is 5.13. The van der Waals surface area contributed by atoms with Gasteiger partial charge in [-0.25, -0.2) is 0 Å². The summed E-state index contributed by atoms with van der Waals surface area (Å²) in [4.78, 5) is 44.3. The van der Waals surface area contributed by atoms with E-state index in [-0.39, 0.29) is 36.4 Å². The number of fused-ring (bicyclic) bond motifs is 1. The Hall–Kier alpha value is -2.49. The van der Waals surface area contributed by atoms with Crippen molar-refractivity contribution in [2.24, 2.45) is 11.8 Å². The number of esters is 1. The normalized spacial score (nSPS) is 29.7. The summed E-state index contributed by atoms with van der Waals surface area (Å²) in [6.45, 7) is 8.45. The second kappa shape index (κ2) is 11.9. The molecular weight excluding hydrogens is 540 g/mol. The van der Waals surface area contributed by atoms with Crippen molar-refractivity contribution in [1.82, 2.24) is 9.80 Å². The minimum atomic E-state index is -1.15. The number of alkyl halides is 1. The number of carbonyl (C=O) groups is 3. The van der Waals surface area contributed by atoms with Crippen LogP contribution in [0.5, 0.6) is 0 Å². The number of benzene rings is 1. The van der Waals surface area contributed by atoms with Gasteiger partial charge in [0.1, 0.15) is 11.6 Å². The lowest BCUT2D eigenvalue weighted by molar-refractivity contribution is -0.155. The molecule has 8 nitrogen and oxygen atoms in total. The maximum absolute atomic E-state index is 14.2. The maximum Gasteiger partial charge on any atom is 0.312 e. The molecule has 0 aliphatic carbocycles. The number of carbonyl (C=O) groups excluding carboxylic acids is 3. The second-order valence-corrected chi connectivity index (χ2v) is 11.0. The zero-order valence-corrected chi connectivity index (χ0v) is 22.6. The third-order valence-corrected chi connectivity index (χ3v) is 8.37. The molecule has 2 amide bonds. The van der Waals surface area contributed by atoms with Gasteiger partial charge in [-0.2, -0.15) is 0 Å². The number of likely N-dealkylation sites (tertiary alicyclic amines) is 1. The fourth-order valence-corrected chi connectivity index (χ4v) is 6.96. The van der Waals surface area contributed by atoms with Crippen molar-refractivity contribution in [2.45, 2.75) is 54.8 Å². The number of nitrogens with zero attached hydrogens (tertiary/aromatic N) is 2. The average Bonchev–Trinajstić information content (AvgIpc) is 3.48. The fourth-order valence-electron chi connectivity index (χ4n) is 6.02. The first-order valence-electron chi connectivity index (χ1n) is 12.8. The zero-order valence-electron chi connectivity index (χ0n) is 21.0. The molecule has 6 atom stereocenters. The highest BCUT2D eigenvalue weighted by Gasteiger charge is 2.77. The Morgan fingerprint density at radius 1 is 1.24 bits per heavy atom. The number of unbranched alkanes of at least 4 members (excludes halogenated alkanes) is 1. The summed E-state index contributed by atoms with van der Waals surface area (Å²) in [6.07, 6.45) is 4.97. The van der Waals surface area contributed by atoms with E-state index in [2.05, 4.69) is 29.1 Å². The predicted molar refractivity (Wildman–Crippen MR) is 142 cm³/mol. The number of halogens is 1. The van der Waals surface area contributed by atoms with Crippen molar-refractivity contribution in [3.05, 3.63) is 61.2 Å². The lowest BCUT2D eigenvalue weighted by Gasteiger charge is -2.37. The van der Waals surface area contributed by atoms with Crippen LogP contribution < -0.4 is 0 Å². The molecule has 1 aromatic carbocycles. The Bertz CT molecular complexity index is 1020. The SMILES string of the molecule is C=CCCCOC(=O)[C@H]1[C@H]2C(=O)N(CCCO)C(C(=O)N(CC=C)Cc3ccccc3)C23CC(Br)[C@@H]1O3. The van der Waals surface area contributed by atoms with Crippen molar-refractivity contribution in [1.29, 1.82) is 0 Å². The van der Waals surface area contributed by atoms with E-state index < -0.39 is 35.6 Å². The zero-order chi connectivity index (χ0) is 26.6. The first kappa shape index (κ1) is 27.5. The quantitative estimate of drug-likeness (QED) is 0.168. The standard InChI is InChI=1S/C28H35BrN2O6/c1-3-5-9-16-36-27(35)21-22-25(33)31(14-10-15-32)24(28(22)17-20(29)23(21)37-28)26(34)30(13-4-2)18-19-11-7-6-8-12-19/h3-4,6-8,11-12,20-24,32H,1-2,5,9-10,13-18H2/t20?,21-,22-,23-,24?,28?/m0/s1. The lowest BCUT2D eigenvalue weighted by Crippen LogP contribution is -2.56. The van der Waals surface area contributed by atoms with Gasteiger partial charge < -0.3 is 24.4 Å². The summed E-state index contributed by atoms with van der Waals surface area (Å²) < 4.78 is 12.0. The summed E-state index contributed by atoms with van der Waals surface area (Å²) in [5.74, 6) is -2.63. The van der Waals surface area contributed by atoms with Gasteiger partial charge in [0.25, 0.3) is 0 Å². The van der Waals surface area contributed by atoms with E-state index >= 15 is 0 Å². The lowest BCUT2D eigenvalue weighted by atomic mass is 9.70. The van der Waals surface area contributed by atoms with Gasteiger partial charge in [-0.1, -0.05) is 58.4 Å². The molecule has 1 aromatic rings. The summed E-state index contributed by atoms with van der Waals surface area (Å²) >= 11 is 3.66. The topological polar surface area (TPSA) is 96.4 Å². The van der Waals surface area contributed by atoms with E-state index in [0.717, 1.165) is 12.0 Å². The number of allylic oxidation sites excluding steroid dienone is 1. The number of aliphatic hydroxyl groups is 1. The predicted octanol–water partition coefficient (Wildman–Crippen LogP) is 2.84. The van der Waals surface area contributed by atoms with Gasteiger partial charge in [-0.3, -0.25) is 14.4 Å². The molecule has 3 aliphatic rings. The summed E-state index contributed by atoms with van der Waals surface area (Å²) in [5.41, 5.74) is -0.197. The molecule has 1 spiro atoms. The largest absolute Gasteiger partial charge is 0.465 e. The maximum atomic E-state index is 14.2. The minimum absolute atomic E-state index is 0.123. The van der Waals surface area contributed by atoms with Crippen LogP contribution >= 0.6 is 15.9 Å². The molecule has 1 N–H and O–H groups in total. The van der Waals surface area contributed by atoms with Crippen molar-refractivity contribution in [3.8, 4) is 0 Å². The molecule has 3 fully saturated rings. The van der Waals surface area contributed by atoms with Crippen LogP contribution in [0.2, 0.25) is 0 Å². The van der Waals surface area contributed by atoms with Gasteiger partial charge in [0.15, 0.2) is 0 Å². The van der Waals surface area contributed by atoms with Gasteiger partial charge in [-0.15, -0.1) is 13.2 Å². The third-order valence-electron chi connectivity index (χ3n) is 7.53. The molecule has 3 aliphatic heterocycles. The molecule has 0 radical (unpaired) electrons. The highest BCUT2D eigenvalue weighted by molar-refractivity contribution is 9.09. The first-order valence-corrected chi connectivity index (χ1v) is 13.8. The van der Waals surface area contributed by atoms with Crippen LogP contribution in [0.1, 0.15) is 31.2 Å². The van der Waals surface area contributed by atoms with Crippen molar-refractivity contribution in [3.63, 3.8) is 0 Å². The van der Waals surface area contributed by atoms with Gasteiger partial charge >= 0.3 is 5.97 Å². The molecule has 37 heavy (non-hydrogen) atoms. The van der Waals surface area contributed by atoms with Crippen LogP contribution in [0.3, 0.4) is 0 Å². The van der Waals surface area contributed by atoms with Gasteiger partial charge in [0, 0.05) is 31.1 Å². The number of aliphatic hydroxyl groups excluding tert-OH is 1. The van der Waals surface area contributed by atoms with Crippen LogP contribution in [0.15, 0.2) is 55.6 Å². The number of amides is 2. The van der Waals surface area contributed by atoms with Crippen LogP contribution in [-0.4, -0.2) is 81.6 Å². The Balaban J connectivity index is 1.66. The van der Waals surface area contributed by atoms with Crippen LogP contribution in [-0.2, 0) is 30.4 Å². The molecule has 3 unspecified atom stereocenters. The fraction of sp³-hybridized carbons (Fsp3) is 0.536. The minimum Gasteiger partial charge on any atom is -0.465 e. The molecule has 0 saturated carbocycles. The number of ether oxygens (including phenoxy) is 2. The number of rotatable bonds is 13. The molecule has 9 heteroatoms. The average molecular weight is 576 g/mol. The molecule has 0 aromatic heterocycles. The highest BCUT2D eigenvalue weighted by Crippen LogP contribution is 2.60. The summed E-state index contributed by atoms with van der Waals surface area (Å²) in [6, 6.07) is 8.71. The molecule has 2 bridgehead atoms. The van der Waals surface area contributed by atoms with E-state index in [1.165, 1.54) is 4.90 Å². The number of hydrogen-bond donors (Lipinski definition) is 1. The molecule has 3 saturated heterocycles. The Labute approximate surface area is 226 Å². The van der Waals surface area contributed by atoms with Gasteiger partial charge in [0.05, 0.1) is 24.5 Å². The highest BCUT2D eigenvalue weighted by atomic mass is 79.9.